The van der Waals surface area contributed by atoms with Gasteiger partial charge in [-0.1, -0.05) is 23.8 Å². The average Bonchev–Trinajstić information content (AvgIpc) is 2.93. The highest BCUT2D eigenvalue weighted by Crippen LogP contribution is 2.32. The van der Waals surface area contributed by atoms with Gasteiger partial charge in [-0.25, -0.2) is 0 Å². The van der Waals surface area contributed by atoms with Gasteiger partial charge in [0.15, 0.2) is 0 Å². The maximum absolute atomic E-state index is 13.3. The van der Waals surface area contributed by atoms with E-state index >= 15 is 0 Å². The highest BCUT2D eigenvalue weighted by Gasteiger charge is 2.39. The number of benzene rings is 2. The lowest BCUT2D eigenvalue weighted by Gasteiger charge is -2.16. The van der Waals surface area contributed by atoms with Gasteiger partial charge < -0.3 is 14.8 Å². The second-order valence-electron chi connectivity index (χ2n) is 8.57. The standard InChI is InChI=1S/C26H32N2O4/c1-16(2)31-14-13-28-25(29)23(22-12-7-18(5)15-19(22)6)24(26(28)30)27-20-8-10-21(11-9-20)32-17(3)4/h7-12,15-17,27H,13-14H2,1-6H3. The Hall–Kier alpha value is -3.12. The van der Waals surface area contributed by atoms with Crippen LogP contribution in [0.15, 0.2) is 48.2 Å². The summed E-state index contributed by atoms with van der Waals surface area (Å²) in [6.45, 7) is 12.2. The van der Waals surface area contributed by atoms with Crippen LogP contribution in [0.3, 0.4) is 0 Å². The van der Waals surface area contributed by atoms with Crippen LogP contribution in [0, 0.1) is 13.8 Å². The largest absolute Gasteiger partial charge is 0.491 e. The van der Waals surface area contributed by atoms with Gasteiger partial charge in [-0.05, 0) is 76.9 Å². The molecule has 6 heteroatoms. The Morgan fingerprint density at radius 1 is 0.906 bits per heavy atom. The second-order valence-corrected chi connectivity index (χ2v) is 8.57. The zero-order valence-corrected chi connectivity index (χ0v) is 19.7. The molecule has 0 aliphatic carbocycles. The van der Waals surface area contributed by atoms with Gasteiger partial charge in [-0.2, -0.15) is 0 Å². The zero-order valence-electron chi connectivity index (χ0n) is 19.7. The molecule has 2 aromatic rings. The monoisotopic (exact) mass is 436 g/mol. The van der Waals surface area contributed by atoms with E-state index in [2.05, 4.69) is 5.32 Å². The van der Waals surface area contributed by atoms with E-state index in [4.69, 9.17) is 9.47 Å². The van der Waals surface area contributed by atoms with Gasteiger partial charge in [-0.15, -0.1) is 0 Å². The van der Waals surface area contributed by atoms with E-state index in [1.54, 1.807) is 0 Å². The summed E-state index contributed by atoms with van der Waals surface area (Å²) in [6.07, 6.45) is 0.0991. The van der Waals surface area contributed by atoms with E-state index in [9.17, 15) is 9.59 Å². The Morgan fingerprint density at radius 2 is 1.59 bits per heavy atom. The molecule has 0 unspecified atom stereocenters. The normalized spacial score (nSPS) is 14.2. The van der Waals surface area contributed by atoms with Crippen molar-refractivity contribution in [2.24, 2.45) is 0 Å². The number of hydrogen-bond acceptors (Lipinski definition) is 5. The summed E-state index contributed by atoms with van der Waals surface area (Å²) in [6, 6.07) is 13.2. The molecule has 1 N–H and O–H groups in total. The van der Waals surface area contributed by atoms with Gasteiger partial charge in [0.25, 0.3) is 11.8 Å². The minimum Gasteiger partial charge on any atom is -0.491 e. The minimum atomic E-state index is -0.347. The van der Waals surface area contributed by atoms with E-state index < -0.39 is 0 Å². The van der Waals surface area contributed by atoms with Gasteiger partial charge in [0, 0.05) is 5.69 Å². The van der Waals surface area contributed by atoms with E-state index in [1.165, 1.54) is 4.90 Å². The third kappa shape index (κ3) is 5.37. The number of ether oxygens (including phenoxy) is 2. The SMILES string of the molecule is Cc1ccc(C2=C(Nc3ccc(OC(C)C)cc3)C(=O)N(CCOC(C)C)C2=O)c(C)c1. The number of imide groups is 1. The molecule has 1 aliphatic rings. The van der Waals surface area contributed by atoms with Crippen LogP contribution in [0.1, 0.15) is 44.4 Å². The van der Waals surface area contributed by atoms with Crippen molar-refractivity contribution in [3.05, 3.63) is 64.9 Å². The molecule has 0 atom stereocenters. The molecule has 2 aromatic carbocycles. The predicted octanol–water partition coefficient (Wildman–Crippen LogP) is 4.71. The van der Waals surface area contributed by atoms with E-state index in [0.29, 0.717) is 17.9 Å². The number of aryl methyl sites for hydroxylation is 2. The topological polar surface area (TPSA) is 67.9 Å². The second kappa shape index (κ2) is 10.0. The van der Waals surface area contributed by atoms with Gasteiger partial charge in [0.2, 0.25) is 0 Å². The lowest BCUT2D eigenvalue weighted by atomic mass is 9.97. The van der Waals surface area contributed by atoms with Crippen molar-refractivity contribution in [2.45, 2.75) is 53.8 Å². The van der Waals surface area contributed by atoms with Gasteiger partial charge in [-0.3, -0.25) is 14.5 Å². The number of nitrogens with zero attached hydrogens (tertiary/aromatic N) is 1. The zero-order chi connectivity index (χ0) is 23.4. The quantitative estimate of drug-likeness (QED) is 0.577. The van der Waals surface area contributed by atoms with Crippen molar-refractivity contribution in [3.63, 3.8) is 0 Å². The third-order valence-corrected chi connectivity index (χ3v) is 5.08. The fourth-order valence-corrected chi connectivity index (χ4v) is 3.65. The Morgan fingerprint density at radius 3 is 2.19 bits per heavy atom. The van der Waals surface area contributed by atoms with Crippen molar-refractivity contribution in [2.75, 3.05) is 18.5 Å². The molecule has 0 radical (unpaired) electrons. The summed E-state index contributed by atoms with van der Waals surface area (Å²) < 4.78 is 11.3. The Labute approximate surface area is 190 Å². The molecule has 2 amide bonds. The van der Waals surface area contributed by atoms with Crippen LogP contribution in [0.25, 0.3) is 5.57 Å². The van der Waals surface area contributed by atoms with E-state index in [0.717, 1.165) is 22.4 Å². The summed E-state index contributed by atoms with van der Waals surface area (Å²) in [7, 11) is 0. The van der Waals surface area contributed by atoms with Crippen LogP contribution < -0.4 is 10.1 Å². The third-order valence-electron chi connectivity index (χ3n) is 5.08. The van der Waals surface area contributed by atoms with Crippen LogP contribution in [-0.2, 0) is 14.3 Å². The van der Waals surface area contributed by atoms with E-state index in [-0.39, 0.29) is 36.3 Å². The highest BCUT2D eigenvalue weighted by atomic mass is 16.5. The molecule has 1 aliphatic heterocycles. The summed E-state index contributed by atoms with van der Waals surface area (Å²) >= 11 is 0. The average molecular weight is 437 g/mol. The summed E-state index contributed by atoms with van der Waals surface area (Å²) in [5.41, 5.74) is 4.18. The maximum atomic E-state index is 13.3. The van der Waals surface area contributed by atoms with Crippen molar-refractivity contribution < 1.29 is 19.1 Å². The fourth-order valence-electron chi connectivity index (χ4n) is 3.65. The molecule has 0 aromatic heterocycles. The van der Waals surface area contributed by atoms with Gasteiger partial charge >= 0.3 is 0 Å². The maximum Gasteiger partial charge on any atom is 0.278 e. The molecular formula is C26H32N2O4. The molecule has 0 spiro atoms. The van der Waals surface area contributed by atoms with Crippen molar-refractivity contribution in [3.8, 4) is 5.75 Å². The first-order valence-corrected chi connectivity index (χ1v) is 11.0. The number of anilines is 1. The molecule has 0 saturated heterocycles. The number of hydrogen-bond donors (Lipinski definition) is 1. The first-order chi connectivity index (χ1) is 15.2. The molecule has 32 heavy (non-hydrogen) atoms. The molecule has 0 bridgehead atoms. The van der Waals surface area contributed by atoms with Crippen molar-refractivity contribution in [1.29, 1.82) is 0 Å². The van der Waals surface area contributed by atoms with Crippen LogP contribution in [-0.4, -0.2) is 42.1 Å². The number of amides is 2. The van der Waals surface area contributed by atoms with Crippen molar-refractivity contribution >= 4 is 23.1 Å². The Balaban J connectivity index is 1.95. The lowest BCUT2D eigenvalue weighted by Crippen LogP contribution is -2.35. The smallest absolute Gasteiger partial charge is 0.278 e. The number of carbonyl (C=O) groups is 2. The molecule has 0 saturated carbocycles. The van der Waals surface area contributed by atoms with Crippen LogP contribution in [0.5, 0.6) is 5.75 Å². The predicted molar refractivity (Wildman–Crippen MR) is 126 cm³/mol. The molecule has 0 fully saturated rings. The summed E-state index contributed by atoms with van der Waals surface area (Å²) in [4.78, 5) is 27.9. The number of rotatable bonds is 9. The molecular weight excluding hydrogens is 404 g/mol. The van der Waals surface area contributed by atoms with Gasteiger partial charge in [0.1, 0.15) is 11.4 Å². The summed E-state index contributed by atoms with van der Waals surface area (Å²) in [5.74, 6) is 0.0897. The molecule has 170 valence electrons. The van der Waals surface area contributed by atoms with Crippen LogP contribution in [0.2, 0.25) is 0 Å². The Bertz CT molecular complexity index is 1020. The molecule has 6 nitrogen and oxygen atoms in total. The van der Waals surface area contributed by atoms with Gasteiger partial charge in [0.05, 0.1) is 30.9 Å². The lowest BCUT2D eigenvalue weighted by molar-refractivity contribution is -0.137. The fraction of sp³-hybridized carbons (Fsp3) is 0.385. The number of nitrogens with one attached hydrogen (secondary N) is 1. The first-order valence-electron chi connectivity index (χ1n) is 11.0. The summed E-state index contributed by atoms with van der Waals surface area (Å²) in [5, 5.41) is 3.19. The first kappa shape index (κ1) is 23.5. The molecule has 3 rings (SSSR count). The van der Waals surface area contributed by atoms with Crippen molar-refractivity contribution in [1.82, 2.24) is 4.90 Å². The number of carbonyl (C=O) groups excluding carboxylic acids is 2. The highest BCUT2D eigenvalue weighted by molar-refractivity contribution is 6.36. The van der Waals surface area contributed by atoms with E-state index in [1.807, 2.05) is 84.0 Å². The van der Waals surface area contributed by atoms with Crippen LogP contribution >= 0.6 is 0 Å². The molecule has 1 heterocycles. The van der Waals surface area contributed by atoms with Crippen LogP contribution in [0.4, 0.5) is 5.69 Å². The Kier molecular flexibility index (Phi) is 7.36. The minimum absolute atomic E-state index is 0.0266.